The molecule has 4 aromatic rings. The van der Waals surface area contributed by atoms with E-state index in [0.29, 0.717) is 29.7 Å². The molecule has 0 saturated heterocycles. The number of aryl methyl sites for hydroxylation is 1. The van der Waals surface area contributed by atoms with Crippen molar-refractivity contribution in [2.75, 3.05) is 25.2 Å². The number of ether oxygens (including phenoxy) is 1. The molecule has 0 spiro atoms. The highest BCUT2D eigenvalue weighted by atomic mass is 28.4. The van der Waals surface area contributed by atoms with Gasteiger partial charge in [0.1, 0.15) is 12.1 Å². The van der Waals surface area contributed by atoms with Gasteiger partial charge in [-0.2, -0.15) is 0 Å². The molecule has 37 heavy (non-hydrogen) atoms. The number of pyridine rings is 1. The van der Waals surface area contributed by atoms with Crippen molar-refractivity contribution in [1.82, 2.24) is 14.5 Å². The Morgan fingerprint density at radius 1 is 1.05 bits per heavy atom. The molecule has 0 bridgehead atoms. The van der Waals surface area contributed by atoms with Crippen LogP contribution < -0.4 is 15.2 Å². The minimum Gasteiger partial charge on any atom is -0.497 e. The van der Waals surface area contributed by atoms with Gasteiger partial charge in [-0.05, 0) is 73.1 Å². The van der Waals surface area contributed by atoms with E-state index in [9.17, 15) is 4.79 Å². The van der Waals surface area contributed by atoms with Crippen LogP contribution in [0.1, 0.15) is 26.3 Å². The van der Waals surface area contributed by atoms with Crippen molar-refractivity contribution >= 4 is 30.6 Å². The second-order valence-corrected chi connectivity index (χ2v) is 15.6. The standard InChI is InChI=1S/C29H36N4O3Si/c1-21-15-24(17-25(16-21)35-5)32(13-14-36-37(6,7)29(2,3)4)22-10-11-27-26(18-22)28(34)33(20-31-27)23-9-8-12-30-19-23/h8-12,15-20H,13-14H2,1-7H3. The normalized spacial score (nSPS) is 12.1. The zero-order valence-corrected chi connectivity index (χ0v) is 23.8. The van der Waals surface area contributed by atoms with Gasteiger partial charge in [0.05, 0.1) is 36.5 Å². The molecular weight excluding hydrogens is 480 g/mol. The summed E-state index contributed by atoms with van der Waals surface area (Å²) in [5.41, 5.74) is 4.14. The molecule has 0 radical (unpaired) electrons. The second-order valence-electron chi connectivity index (χ2n) is 10.8. The topological polar surface area (TPSA) is 69.5 Å². The predicted molar refractivity (Wildman–Crippen MR) is 153 cm³/mol. The molecule has 8 heteroatoms. The Balaban J connectivity index is 1.77. The molecule has 2 heterocycles. The van der Waals surface area contributed by atoms with Gasteiger partial charge in [-0.1, -0.05) is 20.8 Å². The molecule has 0 saturated carbocycles. The summed E-state index contributed by atoms with van der Waals surface area (Å²) >= 11 is 0. The van der Waals surface area contributed by atoms with Gasteiger partial charge in [-0.3, -0.25) is 14.3 Å². The van der Waals surface area contributed by atoms with E-state index in [1.165, 1.54) is 4.57 Å². The lowest BCUT2D eigenvalue weighted by atomic mass is 10.1. The SMILES string of the molecule is COc1cc(C)cc(N(CCO[Si](C)(C)C(C)(C)C)c2ccc3ncn(-c4cccnc4)c(=O)c3c2)c1. The van der Waals surface area contributed by atoms with Crippen molar-refractivity contribution in [3.63, 3.8) is 0 Å². The van der Waals surface area contributed by atoms with Crippen molar-refractivity contribution in [3.05, 3.63) is 83.2 Å². The maximum absolute atomic E-state index is 13.5. The molecule has 0 unspecified atom stereocenters. The Bertz CT molecular complexity index is 1450. The average molecular weight is 517 g/mol. The van der Waals surface area contributed by atoms with Crippen molar-refractivity contribution < 1.29 is 9.16 Å². The van der Waals surface area contributed by atoms with Crippen LogP contribution in [0, 0.1) is 6.92 Å². The highest BCUT2D eigenvalue weighted by Gasteiger charge is 2.37. The lowest BCUT2D eigenvalue weighted by Crippen LogP contribution is -2.42. The van der Waals surface area contributed by atoms with E-state index in [1.807, 2.05) is 43.3 Å². The number of methoxy groups -OCH3 is 1. The third-order valence-electron chi connectivity index (χ3n) is 7.14. The number of rotatable bonds is 8. The first-order chi connectivity index (χ1) is 17.5. The molecule has 2 aromatic carbocycles. The van der Waals surface area contributed by atoms with Gasteiger partial charge in [0.15, 0.2) is 8.32 Å². The summed E-state index contributed by atoms with van der Waals surface area (Å²) in [5.74, 6) is 0.784. The number of benzene rings is 2. The van der Waals surface area contributed by atoms with Crippen LogP contribution in [0.25, 0.3) is 16.6 Å². The zero-order valence-electron chi connectivity index (χ0n) is 22.8. The van der Waals surface area contributed by atoms with Gasteiger partial charge >= 0.3 is 0 Å². The number of nitrogens with zero attached hydrogens (tertiary/aromatic N) is 4. The van der Waals surface area contributed by atoms with Gasteiger partial charge in [-0.25, -0.2) is 4.98 Å². The Kier molecular flexibility index (Phi) is 7.52. The predicted octanol–water partition coefficient (Wildman–Crippen LogP) is 6.26. The molecule has 0 aliphatic carbocycles. The van der Waals surface area contributed by atoms with Crippen molar-refractivity contribution in [3.8, 4) is 11.4 Å². The van der Waals surface area contributed by atoms with Crippen LogP contribution in [-0.4, -0.2) is 43.1 Å². The van der Waals surface area contributed by atoms with E-state index in [0.717, 1.165) is 22.7 Å². The van der Waals surface area contributed by atoms with Gasteiger partial charge in [0.2, 0.25) is 0 Å². The number of aromatic nitrogens is 3. The van der Waals surface area contributed by atoms with Gasteiger partial charge in [0, 0.05) is 30.2 Å². The maximum Gasteiger partial charge on any atom is 0.265 e. The Morgan fingerprint density at radius 3 is 2.51 bits per heavy atom. The summed E-state index contributed by atoms with van der Waals surface area (Å²) in [6.07, 6.45) is 4.89. The third-order valence-corrected chi connectivity index (χ3v) is 11.7. The molecule has 7 nitrogen and oxygen atoms in total. The van der Waals surface area contributed by atoms with E-state index in [1.54, 1.807) is 31.9 Å². The smallest absolute Gasteiger partial charge is 0.265 e. The molecular formula is C29H36N4O3Si. The lowest BCUT2D eigenvalue weighted by molar-refractivity contribution is 0.297. The number of fused-ring (bicyclic) bond motifs is 1. The Labute approximate surface area is 219 Å². The fourth-order valence-corrected chi connectivity index (χ4v) is 5.01. The van der Waals surface area contributed by atoms with Gasteiger partial charge < -0.3 is 14.1 Å². The fourth-order valence-electron chi connectivity index (χ4n) is 3.98. The van der Waals surface area contributed by atoms with Crippen LogP contribution in [-0.2, 0) is 4.43 Å². The summed E-state index contributed by atoms with van der Waals surface area (Å²) in [5, 5.41) is 0.662. The van der Waals surface area contributed by atoms with Crippen LogP contribution in [0.2, 0.25) is 18.1 Å². The van der Waals surface area contributed by atoms with E-state index in [4.69, 9.17) is 9.16 Å². The van der Waals surface area contributed by atoms with E-state index < -0.39 is 8.32 Å². The van der Waals surface area contributed by atoms with E-state index in [2.05, 4.69) is 54.8 Å². The molecule has 0 aliphatic rings. The average Bonchev–Trinajstić information content (AvgIpc) is 2.86. The molecule has 4 rings (SSSR count). The molecule has 0 amide bonds. The minimum atomic E-state index is -1.92. The van der Waals surface area contributed by atoms with Crippen LogP contribution in [0.3, 0.4) is 0 Å². The van der Waals surface area contributed by atoms with Gasteiger partial charge in [0.25, 0.3) is 5.56 Å². The number of hydrogen-bond donors (Lipinski definition) is 0. The first kappa shape index (κ1) is 26.6. The maximum atomic E-state index is 13.5. The minimum absolute atomic E-state index is 0.121. The van der Waals surface area contributed by atoms with Crippen LogP contribution in [0.15, 0.2) is 72.0 Å². The lowest BCUT2D eigenvalue weighted by Gasteiger charge is -2.37. The van der Waals surface area contributed by atoms with Crippen LogP contribution >= 0.6 is 0 Å². The number of anilines is 2. The van der Waals surface area contributed by atoms with Crippen molar-refractivity contribution in [2.45, 2.75) is 45.8 Å². The Hall–Kier alpha value is -3.49. The summed E-state index contributed by atoms with van der Waals surface area (Å²) in [6.45, 7) is 14.5. The molecule has 0 fully saturated rings. The molecule has 0 atom stereocenters. The molecule has 2 aromatic heterocycles. The Morgan fingerprint density at radius 2 is 1.84 bits per heavy atom. The van der Waals surface area contributed by atoms with E-state index in [-0.39, 0.29) is 10.6 Å². The third kappa shape index (κ3) is 5.75. The summed E-state index contributed by atoms with van der Waals surface area (Å²) in [4.78, 5) is 24.3. The molecule has 194 valence electrons. The molecule has 0 N–H and O–H groups in total. The monoisotopic (exact) mass is 516 g/mol. The highest BCUT2D eigenvalue weighted by molar-refractivity contribution is 6.74. The quantitative estimate of drug-likeness (QED) is 0.258. The molecule has 0 aliphatic heterocycles. The summed E-state index contributed by atoms with van der Waals surface area (Å²) < 4.78 is 13.6. The highest BCUT2D eigenvalue weighted by Crippen LogP contribution is 2.37. The van der Waals surface area contributed by atoms with Gasteiger partial charge in [-0.15, -0.1) is 0 Å². The van der Waals surface area contributed by atoms with Crippen molar-refractivity contribution in [2.24, 2.45) is 0 Å². The largest absolute Gasteiger partial charge is 0.497 e. The number of hydrogen-bond acceptors (Lipinski definition) is 6. The second kappa shape index (κ2) is 10.5. The summed E-state index contributed by atoms with van der Waals surface area (Å²) in [6, 6.07) is 15.6. The fraction of sp³-hybridized carbons (Fsp3) is 0.345. The van der Waals surface area contributed by atoms with Crippen LogP contribution in [0.5, 0.6) is 5.75 Å². The summed E-state index contributed by atoms with van der Waals surface area (Å²) in [7, 11) is -0.248. The first-order valence-electron chi connectivity index (χ1n) is 12.5. The van der Waals surface area contributed by atoms with E-state index >= 15 is 0 Å². The zero-order chi connectivity index (χ0) is 26.8. The van der Waals surface area contributed by atoms with Crippen molar-refractivity contribution in [1.29, 1.82) is 0 Å². The van der Waals surface area contributed by atoms with Crippen LogP contribution in [0.4, 0.5) is 11.4 Å². The first-order valence-corrected chi connectivity index (χ1v) is 15.4.